The van der Waals surface area contributed by atoms with Gasteiger partial charge in [-0.1, -0.05) is 23.5 Å². The predicted molar refractivity (Wildman–Crippen MR) is 121 cm³/mol. The molecule has 4 heterocycles. The van der Waals surface area contributed by atoms with E-state index in [4.69, 9.17) is 4.74 Å². The largest absolute Gasteiger partial charge is 0.473 e. The van der Waals surface area contributed by atoms with Crippen molar-refractivity contribution < 1.29 is 13.9 Å². The molecule has 1 aromatic carbocycles. The smallest absolute Gasteiger partial charge is 0.273 e. The second-order valence-corrected chi connectivity index (χ2v) is 9.44. The summed E-state index contributed by atoms with van der Waals surface area (Å²) in [5, 5.41) is 0.479. The van der Waals surface area contributed by atoms with Crippen LogP contribution in [0.25, 0.3) is 10.4 Å². The molecule has 0 N–H and O–H groups in total. The molecular weight excluding hydrogens is 429 g/mol. The molecule has 0 bridgehead atoms. The van der Waals surface area contributed by atoms with E-state index < -0.39 is 5.82 Å². The maximum absolute atomic E-state index is 14.9. The summed E-state index contributed by atoms with van der Waals surface area (Å²) >= 11 is 1.29. The van der Waals surface area contributed by atoms with E-state index in [9.17, 15) is 9.18 Å². The van der Waals surface area contributed by atoms with Gasteiger partial charge in [-0.15, -0.1) is 0 Å². The molecule has 2 atom stereocenters. The topological polar surface area (TPSA) is 71.5 Å². The van der Waals surface area contributed by atoms with E-state index in [-0.39, 0.29) is 11.5 Å². The zero-order valence-electron chi connectivity index (χ0n) is 18.2. The summed E-state index contributed by atoms with van der Waals surface area (Å²) in [4.78, 5) is 31.4. The summed E-state index contributed by atoms with van der Waals surface area (Å²) in [5.74, 6) is 0.616. The number of methoxy groups -OCH3 is 1. The van der Waals surface area contributed by atoms with Gasteiger partial charge in [-0.3, -0.25) is 4.79 Å². The van der Waals surface area contributed by atoms with Crippen LogP contribution in [0.2, 0.25) is 0 Å². The van der Waals surface area contributed by atoms with Gasteiger partial charge in [0.2, 0.25) is 5.95 Å². The molecule has 2 aliphatic rings. The van der Waals surface area contributed by atoms with Crippen LogP contribution in [0, 0.1) is 31.5 Å². The number of carbonyl (C=O) groups is 1. The number of ether oxygens (including phenoxy) is 1. The average Bonchev–Trinajstić information content (AvgIpc) is 3.47. The molecule has 9 heteroatoms. The van der Waals surface area contributed by atoms with Crippen LogP contribution in [-0.4, -0.2) is 59.0 Å². The molecule has 0 saturated carbocycles. The average molecular weight is 454 g/mol. The molecule has 166 valence electrons. The minimum absolute atomic E-state index is 0.105. The van der Waals surface area contributed by atoms with Crippen molar-refractivity contribution in [1.82, 2.24) is 19.9 Å². The number of amides is 1. The number of benzene rings is 1. The van der Waals surface area contributed by atoms with Gasteiger partial charge in [0.05, 0.1) is 17.6 Å². The Bertz CT molecular complexity index is 1150. The van der Waals surface area contributed by atoms with Crippen LogP contribution in [-0.2, 0) is 0 Å². The molecule has 5 rings (SSSR count). The van der Waals surface area contributed by atoms with Gasteiger partial charge in [-0.2, -0.15) is 0 Å². The van der Waals surface area contributed by atoms with E-state index in [2.05, 4.69) is 19.9 Å². The number of aromatic nitrogens is 3. The van der Waals surface area contributed by atoms with E-state index in [0.29, 0.717) is 40.6 Å². The number of hydrogen-bond acceptors (Lipinski definition) is 7. The van der Waals surface area contributed by atoms with Gasteiger partial charge in [-0.05, 0) is 26.0 Å². The molecular formula is C23H24FN5O2S. The van der Waals surface area contributed by atoms with E-state index in [1.807, 2.05) is 19.9 Å². The highest BCUT2D eigenvalue weighted by Gasteiger charge is 2.43. The van der Waals surface area contributed by atoms with Crippen LogP contribution in [0.1, 0.15) is 21.7 Å². The molecule has 2 unspecified atom stereocenters. The predicted octanol–water partition coefficient (Wildman–Crippen LogP) is 3.57. The van der Waals surface area contributed by atoms with Crippen molar-refractivity contribution in [2.24, 2.45) is 11.8 Å². The molecule has 0 radical (unpaired) electrons. The molecule has 2 fully saturated rings. The van der Waals surface area contributed by atoms with Gasteiger partial charge in [0.25, 0.3) is 11.1 Å². The van der Waals surface area contributed by atoms with Crippen LogP contribution in [0.3, 0.4) is 0 Å². The molecule has 0 aliphatic carbocycles. The third-order valence-electron chi connectivity index (χ3n) is 6.18. The molecule has 3 aromatic rings. The van der Waals surface area contributed by atoms with Gasteiger partial charge in [0.15, 0.2) is 0 Å². The lowest BCUT2D eigenvalue weighted by molar-refractivity contribution is 0.0779. The monoisotopic (exact) mass is 453 g/mol. The molecule has 0 spiro atoms. The Labute approximate surface area is 189 Å². The SMILES string of the molecule is COc1ncc(-c2cccc(F)c2C(=O)N2CC3CN(c4nc(C)cc(C)n4)CC3C2)s1. The summed E-state index contributed by atoms with van der Waals surface area (Å²) in [7, 11) is 1.54. The van der Waals surface area contributed by atoms with Crippen LogP contribution in [0.5, 0.6) is 5.19 Å². The van der Waals surface area contributed by atoms with E-state index in [1.54, 1.807) is 23.2 Å². The second-order valence-electron chi connectivity index (χ2n) is 8.44. The first kappa shape index (κ1) is 20.8. The van der Waals surface area contributed by atoms with Crippen molar-refractivity contribution in [3.05, 3.63) is 53.2 Å². The maximum atomic E-state index is 14.9. The van der Waals surface area contributed by atoms with Gasteiger partial charge in [0.1, 0.15) is 5.82 Å². The Hall–Kier alpha value is -3.07. The van der Waals surface area contributed by atoms with Crippen molar-refractivity contribution >= 4 is 23.2 Å². The number of rotatable bonds is 4. The number of nitrogens with zero attached hydrogens (tertiary/aromatic N) is 5. The minimum Gasteiger partial charge on any atom is -0.473 e. The Balaban J connectivity index is 1.35. The van der Waals surface area contributed by atoms with Gasteiger partial charge < -0.3 is 14.5 Å². The van der Waals surface area contributed by atoms with Crippen molar-refractivity contribution in [3.63, 3.8) is 0 Å². The fourth-order valence-electron chi connectivity index (χ4n) is 4.75. The van der Waals surface area contributed by atoms with Crippen LogP contribution in [0.4, 0.5) is 10.3 Å². The van der Waals surface area contributed by atoms with Gasteiger partial charge >= 0.3 is 0 Å². The fraction of sp³-hybridized carbons (Fsp3) is 0.391. The highest BCUT2D eigenvalue weighted by atomic mass is 32.1. The van der Waals surface area contributed by atoms with Crippen LogP contribution >= 0.6 is 11.3 Å². The lowest BCUT2D eigenvalue weighted by Gasteiger charge is -2.23. The summed E-state index contributed by atoms with van der Waals surface area (Å²) in [6.07, 6.45) is 1.62. The fourth-order valence-corrected chi connectivity index (χ4v) is 5.52. The molecule has 32 heavy (non-hydrogen) atoms. The lowest BCUT2D eigenvalue weighted by Crippen LogP contribution is -2.34. The first-order chi connectivity index (χ1) is 15.4. The quantitative estimate of drug-likeness (QED) is 0.602. The van der Waals surface area contributed by atoms with Crippen molar-refractivity contribution in [3.8, 4) is 15.6 Å². The van der Waals surface area contributed by atoms with Gasteiger partial charge in [0, 0.05) is 61.2 Å². The first-order valence-corrected chi connectivity index (χ1v) is 11.4. The number of halogens is 1. The number of thiazole rings is 1. The molecule has 2 aromatic heterocycles. The highest BCUT2D eigenvalue weighted by molar-refractivity contribution is 7.16. The number of fused-ring (bicyclic) bond motifs is 1. The second kappa shape index (κ2) is 8.12. The van der Waals surface area contributed by atoms with Crippen LogP contribution in [0.15, 0.2) is 30.5 Å². The number of hydrogen-bond donors (Lipinski definition) is 0. The lowest BCUT2D eigenvalue weighted by atomic mass is 10.0. The maximum Gasteiger partial charge on any atom is 0.273 e. The highest BCUT2D eigenvalue weighted by Crippen LogP contribution is 2.37. The van der Waals surface area contributed by atoms with Gasteiger partial charge in [-0.25, -0.2) is 19.3 Å². The number of likely N-dealkylation sites (tertiary alicyclic amines) is 1. The summed E-state index contributed by atoms with van der Waals surface area (Å²) in [6, 6.07) is 6.68. The molecule has 2 aliphatic heterocycles. The van der Waals surface area contributed by atoms with Crippen LogP contribution < -0.4 is 9.64 Å². The molecule has 1 amide bonds. The summed E-state index contributed by atoms with van der Waals surface area (Å²) in [6.45, 7) is 6.75. The Kier molecular flexibility index (Phi) is 5.28. The first-order valence-electron chi connectivity index (χ1n) is 10.6. The summed E-state index contributed by atoms with van der Waals surface area (Å²) in [5.41, 5.74) is 2.56. The van der Waals surface area contributed by atoms with Crippen molar-refractivity contribution in [1.29, 1.82) is 0 Å². The third-order valence-corrected chi connectivity index (χ3v) is 7.17. The molecule has 7 nitrogen and oxygen atoms in total. The third kappa shape index (κ3) is 3.70. The molecule has 2 saturated heterocycles. The Morgan fingerprint density at radius 2 is 1.81 bits per heavy atom. The minimum atomic E-state index is -0.512. The summed E-state index contributed by atoms with van der Waals surface area (Å²) < 4.78 is 20.0. The zero-order valence-corrected chi connectivity index (χ0v) is 19.0. The van der Waals surface area contributed by atoms with Crippen molar-refractivity contribution in [2.75, 3.05) is 38.2 Å². The standard InChI is InChI=1S/C23H24FN5O2S/c1-13-7-14(2)27-22(26-13)29-11-15-9-28(10-16(15)12-29)21(30)20-17(5-4-6-18(20)24)19-8-25-23(31-3)32-19/h4-8,15-16H,9-12H2,1-3H3. The van der Waals surface area contributed by atoms with Crippen molar-refractivity contribution in [2.45, 2.75) is 13.8 Å². The number of carbonyl (C=O) groups excluding carboxylic acids is 1. The number of anilines is 1. The normalized spacial score (nSPS) is 20.0. The Morgan fingerprint density at radius 1 is 1.12 bits per heavy atom. The zero-order chi connectivity index (χ0) is 22.4. The van der Waals surface area contributed by atoms with E-state index in [1.165, 1.54) is 24.5 Å². The van der Waals surface area contributed by atoms with E-state index >= 15 is 0 Å². The number of aryl methyl sites for hydroxylation is 2. The van der Waals surface area contributed by atoms with E-state index in [0.717, 1.165) is 30.4 Å². The Morgan fingerprint density at radius 3 is 2.44 bits per heavy atom.